The highest BCUT2D eigenvalue weighted by molar-refractivity contribution is 6.32. The van der Waals surface area contributed by atoms with Crippen LogP contribution in [0.5, 0.6) is 0 Å². The average molecular weight is 452 g/mol. The Morgan fingerprint density at radius 2 is 2.06 bits per heavy atom. The van der Waals surface area contributed by atoms with Crippen LogP contribution in [-0.2, 0) is 4.79 Å². The lowest BCUT2D eigenvalue weighted by molar-refractivity contribution is -0.111. The number of nitrogens with zero attached hydrogens (tertiary/aromatic N) is 3. The molecule has 1 amide bonds. The molecule has 8 nitrogen and oxygen atoms in total. The third kappa shape index (κ3) is 8.39. The van der Waals surface area contributed by atoms with Crippen LogP contribution in [0.3, 0.4) is 0 Å². The van der Waals surface area contributed by atoms with Gasteiger partial charge in [-0.1, -0.05) is 25.4 Å². The lowest BCUT2D eigenvalue weighted by Gasteiger charge is -2.12. The Balaban J connectivity index is 0.00000233. The summed E-state index contributed by atoms with van der Waals surface area (Å²) in [7, 11) is 1.57. The summed E-state index contributed by atoms with van der Waals surface area (Å²) in [4.78, 5) is 23.7. The smallest absolute Gasteiger partial charge is 0.248 e. The van der Waals surface area contributed by atoms with E-state index in [2.05, 4.69) is 30.9 Å². The fourth-order valence-corrected chi connectivity index (χ4v) is 2.20. The average Bonchev–Trinajstić information content (AvgIpc) is 2.77. The zero-order valence-corrected chi connectivity index (χ0v) is 18.0. The van der Waals surface area contributed by atoms with Gasteiger partial charge in [0.2, 0.25) is 11.9 Å². The van der Waals surface area contributed by atoms with Crippen molar-refractivity contribution in [1.82, 2.24) is 9.97 Å². The molecule has 0 unspecified atom stereocenters. The van der Waals surface area contributed by atoms with Crippen LogP contribution >= 0.6 is 11.6 Å². The van der Waals surface area contributed by atoms with Gasteiger partial charge in [-0.2, -0.15) is 4.98 Å². The van der Waals surface area contributed by atoms with Crippen molar-refractivity contribution >= 4 is 46.9 Å². The highest BCUT2D eigenvalue weighted by Gasteiger charge is 2.11. The molecule has 0 saturated carbocycles. The molecule has 1 heterocycles. The van der Waals surface area contributed by atoms with Crippen LogP contribution in [0.2, 0.25) is 5.02 Å². The lowest BCUT2D eigenvalue weighted by atomic mass is 10.2. The number of hydrogen-bond acceptors (Lipinski definition) is 7. The van der Waals surface area contributed by atoms with E-state index in [9.17, 15) is 13.6 Å². The van der Waals surface area contributed by atoms with Crippen molar-refractivity contribution in [3.63, 3.8) is 0 Å². The van der Waals surface area contributed by atoms with Gasteiger partial charge in [-0.05, 0) is 24.3 Å². The van der Waals surface area contributed by atoms with E-state index in [0.29, 0.717) is 11.4 Å². The highest BCUT2D eigenvalue weighted by Crippen LogP contribution is 2.27. The van der Waals surface area contributed by atoms with Crippen LogP contribution in [-0.4, -0.2) is 35.8 Å². The topological polar surface area (TPSA) is 117 Å². The Morgan fingerprint density at radius 3 is 2.71 bits per heavy atom. The molecule has 0 radical (unpaired) electrons. The number of allylic oxidation sites excluding steroid dienone is 2. The third-order valence-electron chi connectivity index (χ3n) is 3.29. The summed E-state index contributed by atoms with van der Waals surface area (Å²) in [6.07, 6.45) is 6.16. The molecule has 0 bridgehead atoms. The molecule has 0 aliphatic heterocycles. The molecule has 2 aromatic rings. The summed E-state index contributed by atoms with van der Waals surface area (Å²) in [5.74, 6) is -0.888. The Hall–Kier alpha value is -3.53. The number of amides is 1. The minimum atomic E-state index is -0.766. The summed E-state index contributed by atoms with van der Waals surface area (Å²) in [6.45, 7) is 3.23. The fraction of sp³-hybridized carbons (Fsp3) is 0.200. The van der Waals surface area contributed by atoms with Crippen LogP contribution in [0.1, 0.15) is 13.8 Å². The molecule has 2 rings (SSSR count). The van der Waals surface area contributed by atoms with Crippen molar-refractivity contribution in [2.75, 3.05) is 29.7 Å². The fourth-order valence-electron chi connectivity index (χ4n) is 2.06. The molecule has 1 aromatic heterocycles. The number of carbonyl (C=O) groups excluding carboxylic acids is 1. The predicted octanol–water partition coefficient (Wildman–Crippen LogP) is 4.42. The largest absolute Gasteiger partial charge is 0.403 e. The molecular weight excluding hydrogens is 428 g/mol. The molecule has 0 fully saturated rings. The first kappa shape index (κ1) is 25.5. The van der Waals surface area contributed by atoms with Crippen molar-refractivity contribution in [2.45, 2.75) is 13.8 Å². The second-order valence-electron chi connectivity index (χ2n) is 5.39. The van der Waals surface area contributed by atoms with Crippen LogP contribution in [0, 0.1) is 5.82 Å². The second kappa shape index (κ2) is 13.6. The van der Waals surface area contributed by atoms with Gasteiger partial charge in [0, 0.05) is 31.2 Å². The SMILES string of the molecule is CC.CN=C/C(=C\N)Nc1ncc(Cl)c(Nc2cc(NC(=O)/C=C/CF)ccc2F)n1. The summed E-state index contributed by atoms with van der Waals surface area (Å²) in [5, 5.41) is 8.21. The number of benzene rings is 1. The quantitative estimate of drug-likeness (QED) is 0.348. The van der Waals surface area contributed by atoms with E-state index >= 15 is 0 Å². The Morgan fingerprint density at radius 1 is 1.32 bits per heavy atom. The maximum atomic E-state index is 14.2. The van der Waals surface area contributed by atoms with E-state index in [1.807, 2.05) is 13.8 Å². The van der Waals surface area contributed by atoms with Crippen LogP contribution in [0.15, 0.2) is 53.4 Å². The molecule has 11 heteroatoms. The number of anilines is 4. The molecule has 0 atom stereocenters. The first-order valence-electron chi connectivity index (χ1n) is 9.20. The van der Waals surface area contributed by atoms with Crippen molar-refractivity contribution in [3.8, 4) is 0 Å². The number of aromatic nitrogens is 2. The van der Waals surface area contributed by atoms with Gasteiger partial charge in [-0.15, -0.1) is 0 Å². The molecule has 0 aliphatic carbocycles. The van der Waals surface area contributed by atoms with Crippen LogP contribution in [0.25, 0.3) is 0 Å². The second-order valence-corrected chi connectivity index (χ2v) is 5.80. The maximum absolute atomic E-state index is 14.2. The summed E-state index contributed by atoms with van der Waals surface area (Å²) >= 11 is 6.09. The van der Waals surface area contributed by atoms with E-state index in [0.717, 1.165) is 18.2 Å². The van der Waals surface area contributed by atoms with Gasteiger partial charge in [0.05, 0.1) is 17.6 Å². The lowest BCUT2D eigenvalue weighted by Crippen LogP contribution is -2.09. The Labute approximate surface area is 184 Å². The number of carbonyl (C=O) groups is 1. The van der Waals surface area contributed by atoms with Gasteiger partial charge in [-0.3, -0.25) is 9.79 Å². The van der Waals surface area contributed by atoms with E-state index in [4.69, 9.17) is 17.3 Å². The predicted molar refractivity (Wildman–Crippen MR) is 122 cm³/mol. The molecule has 31 heavy (non-hydrogen) atoms. The van der Waals surface area contributed by atoms with Gasteiger partial charge in [-0.25, -0.2) is 13.8 Å². The van der Waals surface area contributed by atoms with Crippen LogP contribution in [0.4, 0.5) is 31.9 Å². The number of halogens is 3. The van der Waals surface area contributed by atoms with E-state index < -0.39 is 18.4 Å². The van der Waals surface area contributed by atoms with Gasteiger partial charge < -0.3 is 21.7 Å². The summed E-state index contributed by atoms with van der Waals surface area (Å²) < 4.78 is 26.3. The number of nitrogens with one attached hydrogen (secondary N) is 3. The van der Waals surface area contributed by atoms with E-state index in [-0.39, 0.29) is 22.5 Å². The van der Waals surface area contributed by atoms with Crippen molar-refractivity contribution in [2.24, 2.45) is 10.7 Å². The first-order chi connectivity index (χ1) is 15.0. The molecule has 5 N–H and O–H groups in total. The van der Waals surface area contributed by atoms with E-state index in [1.165, 1.54) is 30.7 Å². The number of rotatable bonds is 8. The standard InChI is InChI=1S/C18H18ClF2N7O.C2H6/c1-23-9-12(8-22)26-18-24-10-13(19)17(28-18)27-15-7-11(4-5-14(15)21)25-16(29)3-2-6-20;1-2/h2-5,7-10H,6,22H2,1H3,(H,25,29)(H2,24,26,27,28);1-2H3/b3-2+,12-8+,23-9?;. The zero-order chi connectivity index (χ0) is 23.2. The van der Waals surface area contributed by atoms with Crippen molar-refractivity contribution in [1.29, 1.82) is 0 Å². The number of aliphatic imine (C=N–C) groups is 1. The number of nitrogens with two attached hydrogens (primary N) is 1. The molecule has 0 spiro atoms. The Kier molecular flexibility index (Phi) is 11.2. The maximum Gasteiger partial charge on any atom is 0.248 e. The van der Waals surface area contributed by atoms with Crippen molar-refractivity contribution < 1.29 is 13.6 Å². The Bertz CT molecular complexity index is 965. The summed E-state index contributed by atoms with van der Waals surface area (Å²) in [6, 6.07) is 3.85. The van der Waals surface area contributed by atoms with Gasteiger partial charge in [0.15, 0.2) is 5.82 Å². The normalized spacial score (nSPS) is 11.2. The zero-order valence-electron chi connectivity index (χ0n) is 17.3. The van der Waals surface area contributed by atoms with Crippen molar-refractivity contribution in [3.05, 3.63) is 59.3 Å². The third-order valence-corrected chi connectivity index (χ3v) is 3.57. The molecular formula is C20H24ClF2N7O. The molecule has 0 aliphatic rings. The van der Waals surface area contributed by atoms with E-state index in [1.54, 1.807) is 7.05 Å². The number of hydrogen-bond donors (Lipinski definition) is 4. The van der Waals surface area contributed by atoms with Gasteiger partial charge >= 0.3 is 0 Å². The minimum absolute atomic E-state index is 0.00790. The van der Waals surface area contributed by atoms with Gasteiger partial charge in [0.25, 0.3) is 0 Å². The van der Waals surface area contributed by atoms with Gasteiger partial charge in [0.1, 0.15) is 17.5 Å². The van der Waals surface area contributed by atoms with Crippen LogP contribution < -0.4 is 21.7 Å². The first-order valence-corrected chi connectivity index (χ1v) is 9.58. The molecule has 1 aromatic carbocycles. The monoisotopic (exact) mass is 451 g/mol. The molecule has 0 saturated heterocycles. The molecule has 166 valence electrons. The minimum Gasteiger partial charge on any atom is -0.403 e. The summed E-state index contributed by atoms with van der Waals surface area (Å²) in [5.41, 5.74) is 6.22. The highest BCUT2D eigenvalue weighted by atomic mass is 35.5. The number of alkyl halides is 1.